The second kappa shape index (κ2) is 14.9. The van der Waals surface area contributed by atoms with Gasteiger partial charge in [0.05, 0.1) is 11.4 Å². The van der Waals surface area contributed by atoms with Crippen molar-refractivity contribution in [3.05, 3.63) is 218 Å². The highest BCUT2D eigenvalue weighted by atomic mass is 32.1. The minimum Gasteiger partial charge on any atom is -0.309 e. The van der Waals surface area contributed by atoms with Crippen LogP contribution < -0.4 is 4.90 Å². The molecule has 262 valence electrons. The zero-order valence-corrected chi connectivity index (χ0v) is 31.5. The molecular weight excluding hydrogens is 683 g/mol. The van der Waals surface area contributed by atoms with Crippen LogP contribution in [0.15, 0.2) is 207 Å². The van der Waals surface area contributed by atoms with Crippen LogP contribution in [0.5, 0.6) is 0 Å². The molecular formula is C53H39NS. The quantitative estimate of drug-likeness (QED) is 0.134. The van der Waals surface area contributed by atoms with Crippen LogP contribution in [0, 0.1) is 6.92 Å². The first-order chi connectivity index (χ1) is 27.2. The first-order valence-electron chi connectivity index (χ1n) is 18.7. The molecule has 0 aliphatic rings. The van der Waals surface area contributed by atoms with Crippen LogP contribution in [-0.4, -0.2) is 0 Å². The van der Waals surface area contributed by atoms with E-state index in [1.807, 2.05) is 23.5 Å². The number of fused-ring (bicyclic) bond motifs is 3. The fourth-order valence-electron chi connectivity index (χ4n) is 7.76. The summed E-state index contributed by atoms with van der Waals surface area (Å²) >= 11 is 1.87. The third kappa shape index (κ3) is 6.48. The molecule has 0 saturated heterocycles. The van der Waals surface area contributed by atoms with Crippen LogP contribution in [0.1, 0.15) is 11.1 Å². The maximum atomic E-state index is 3.83. The Labute approximate surface area is 327 Å². The standard InChI is InChI=1S/C53H39NS/c1-3-4-16-38-19-14-23-44(37(38)2)42-31-29-39(30-32-42)40-33-35-43(36-34-40)54(50-26-11-8-20-45(50)41-17-6-5-7-18-41)51-27-12-9-21-46(51)48-24-15-25-49-47-22-10-13-28-52(47)55-53(48)49/h3-36H,1H2,2H3/b16-4-. The van der Waals surface area contributed by atoms with Gasteiger partial charge in [-0.3, -0.25) is 0 Å². The molecule has 0 atom stereocenters. The van der Waals surface area contributed by atoms with Crippen molar-refractivity contribution in [3.63, 3.8) is 0 Å². The third-order valence-electron chi connectivity index (χ3n) is 10.5. The van der Waals surface area contributed by atoms with Gasteiger partial charge in [0, 0.05) is 42.6 Å². The van der Waals surface area contributed by atoms with Crippen molar-refractivity contribution in [2.24, 2.45) is 0 Å². The van der Waals surface area contributed by atoms with Gasteiger partial charge >= 0.3 is 0 Å². The third-order valence-corrected chi connectivity index (χ3v) is 11.7. The molecule has 1 aromatic heterocycles. The SMILES string of the molecule is C=C/C=C\c1cccc(-c2ccc(-c3ccc(N(c4ccccc4-c4ccccc4)c4ccccc4-c4cccc5c4sc4ccccc45)cc3)cc2)c1C. The zero-order valence-electron chi connectivity index (χ0n) is 30.7. The van der Waals surface area contributed by atoms with Gasteiger partial charge in [0.1, 0.15) is 0 Å². The lowest BCUT2D eigenvalue weighted by molar-refractivity contribution is 1.28. The van der Waals surface area contributed by atoms with Gasteiger partial charge in [-0.2, -0.15) is 0 Å². The van der Waals surface area contributed by atoms with E-state index in [0.29, 0.717) is 0 Å². The van der Waals surface area contributed by atoms with Gasteiger partial charge in [-0.1, -0.05) is 183 Å². The summed E-state index contributed by atoms with van der Waals surface area (Å²) in [5, 5.41) is 2.60. The van der Waals surface area contributed by atoms with Crippen molar-refractivity contribution < 1.29 is 0 Å². The van der Waals surface area contributed by atoms with Crippen molar-refractivity contribution in [1.82, 2.24) is 0 Å². The summed E-state index contributed by atoms with van der Waals surface area (Å²) in [6.07, 6.45) is 5.93. The Bertz CT molecular complexity index is 2820. The molecule has 8 aromatic carbocycles. The van der Waals surface area contributed by atoms with Gasteiger partial charge in [0.2, 0.25) is 0 Å². The Morgan fingerprint density at radius 3 is 1.76 bits per heavy atom. The number of anilines is 3. The van der Waals surface area contributed by atoms with Gasteiger partial charge < -0.3 is 4.90 Å². The molecule has 0 saturated carbocycles. The van der Waals surface area contributed by atoms with E-state index in [0.717, 1.165) is 17.1 Å². The van der Waals surface area contributed by atoms with Gasteiger partial charge in [-0.25, -0.2) is 0 Å². The number of nitrogens with zero attached hydrogens (tertiary/aromatic N) is 1. The van der Waals surface area contributed by atoms with Crippen molar-refractivity contribution in [2.75, 3.05) is 4.90 Å². The molecule has 0 aliphatic carbocycles. The van der Waals surface area contributed by atoms with Gasteiger partial charge in [0.15, 0.2) is 0 Å². The molecule has 0 amide bonds. The topological polar surface area (TPSA) is 3.24 Å². The molecule has 55 heavy (non-hydrogen) atoms. The Hall–Kier alpha value is -6.74. The maximum Gasteiger partial charge on any atom is 0.0540 e. The predicted molar refractivity (Wildman–Crippen MR) is 240 cm³/mol. The van der Waals surface area contributed by atoms with E-state index in [1.54, 1.807) is 0 Å². The Balaban J connectivity index is 1.16. The van der Waals surface area contributed by atoms with Crippen molar-refractivity contribution in [3.8, 4) is 44.5 Å². The molecule has 0 spiro atoms. The van der Waals surface area contributed by atoms with Crippen molar-refractivity contribution in [2.45, 2.75) is 6.92 Å². The summed E-state index contributed by atoms with van der Waals surface area (Å²) in [7, 11) is 0. The number of para-hydroxylation sites is 2. The average Bonchev–Trinajstić information content (AvgIpc) is 3.64. The van der Waals surface area contributed by atoms with Crippen LogP contribution in [0.4, 0.5) is 17.1 Å². The normalized spacial score (nSPS) is 11.4. The summed E-state index contributed by atoms with van der Waals surface area (Å²) in [4.78, 5) is 2.44. The van der Waals surface area contributed by atoms with E-state index in [2.05, 4.69) is 213 Å². The highest BCUT2D eigenvalue weighted by molar-refractivity contribution is 7.26. The number of hydrogen-bond donors (Lipinski definition) is 0. The van der Waals surface area contributed by atoms with Crippen molar-refractivity contribution in [1.29, 1.82) is 0 Å². The zero-order chi connectivity index (χ0) is 37.1. The average molecular weight is 722 g/mol. The fraction of sp³-hybridized carbons (Fsp3) is 0.0189. The smallest absolute Gasteiger partial charge is 0.0540 e. The first kappa shape index (κ1) is 34.1. The van der Waals surface area contributed by atoms with E-state index < -0.39 is 0 Å². The number of allylic oxidation sites excluding steroid dienone is 2. The maximum absolute atomic E-state index is 3.83. The van der Waals surface area contributed by atoms with E-state index in [9.17, 15) is 0 Å². The molecule has 0 N–H and O–H groups in total. The summed E-state index contributed by atoms with van der Waals surface area (Å²) in [5.74, 6) is 0. The summed E-state index contributed by atoms with van der Waals surface area (Å²) in [6, 6.07) is 68.3. The molecule has 0 unspecified atom stereocenters. The lowest BCUT2D eigenvalue weighted by atomic mass is 9.94. The van der Waals surface area contributed by atoms with Gasteiger partial charge in [-0.05, 0) is 76.2 Å². The number of benzene rings is 8. The summed E-state index contributed by atoms with van der Waals surface area (Å²) in [5.41, 5.74) is 15.4. The largest absolute Gasteiger partial charge is 0.309 e. The molecule has 0 aliphatic heterocycles. The highest BCUT2D eigenvalue weighted by Crippen LogP contribution is 2.48. The fourth-order valence-corrected chi connectivity index (χ4v) is 8.99. The highest BCUT2D eigenvalue weighted by Gasteiger charge is 2.22. The Morgan fingerprint density at radius 2 is 1.00 bits per heavy atom. The molecule has 0 bridgehead atoms. The Morgan fingerprint density at radius 1 is 0.455 bits per heavy atom. The van der Waals surface area contributed by atoms with E-state index in [4.69, 9.17) is 0 Å². The molecule has 9 rings (SSSR count). The first-order valence-corrected chi connectivity index (χ1v) is 19.5. The molecule has 9 aromatic rings. The van der Waals surface area contributed by atoms with Crippen molar-refractivity contribution >= 4 is 54.6 Å². The second-order valence-electron chi connectivity index (χ2n) is 13.8. The van der Waals surface area contributed by atoms with Crippen LogP contribution in [0.2, 0.25) is 0 Å². The minimum absolute atomic E-state index is 1.10. The van der Waals surface area contributed by atoms with Crippen LogP contribution in [-0.2, 0) is 0 Å². The van der Waals surface area contributed by atoms with Crippen LogP contribution in [0.3, 0.4) is 0 Å². The van der Waals surface area contributed by atoms with E-state index in [1.165, 1.54) is 75.8 Å². The number of rotatable bonds is 9. The predicted octanol–water partition coefficient (Wildman–Crippen LogP) is 15.7. The molecule has 2 heteroatoms. The molecule has 0 radical (unpaired) electrons. The summed E-state index contributed by atoms with van der Waals surface area (Å²) < 4.78 is 2.61. The van der Waals surface area contributed by atoms with E-state index in [-0.39, 0.29) is 0 Å². The van der Waals surface area contributed by atoms with E-state index >= 15 is 0 Å². The number of thiophene rings is 1. The Kier molecular flexibility index (Phi) is 9.25. The molecule has 1 heterocycles. The lowest BCUT2D eigenvalue weighted by Gasteiger charge is -2.30. The second-order valence-corrected chi connectivity index (χ2v) is 14.8. The molecule has 0 fully saturated rings. The molecule has 1 nitrogen and oxygen atoms in total. The minimum atomic E-state index is 1.10. The van der Waals surface area contributed by atoms with Crippen LogP contribution >= 0.6 is 11.3 Å². The summed E-state index contributed by atoms with van der Waals surface area (Å²) in [6.45, 7) is 6.02. The van der Waals surface area contributed by atoms with Crippen LogP contribution in [0.25, 0.3) is 70.8 Å². The lowest BCUT2D eigenvalue weighted by Crippen LogP contribution is -2.12. The monoisotopic (exact) mass is 721 g/mol. The van der Waals surface area contributed by atoms with Gasteiger partial charge in [0.25, 0.3) is 0 Å². The van der Waals surface area contributed by atoms with Gasteiger partial charge in [-0.15, -0.1) is 11.3 Å². The number of hydrogen-bond acceptors (Lipinski definition) is 2.